The molecule has 0 amide bonds. The van der Waals surface area contributed by atoms with E-state index in [0.717, 1.165) is 56.2 Å². The van der Waals surface area contributed by atoms with Crippen LogP contribution in [0.1, 0.15) is 36.3 Å². The van der Waals surface area contributed by atoms with E-state index in [2.05, 4.69) is 56.1 Å². The van der Waals surface area contributed by atoms with Crippen LogP contribution < -0.4 is 5.73 Å². The summed E-state index contributed by atoms with van der Waals surface area (Å²) in [6.07, 6.45) is 5.00. The Morgan fingerprint density at radius 3 is 2.29 bits per heavy atom. The van der Waals surface area contributed by atoms with Gasteiger partial charge in [0.25, 0.3) is 0 Å². The van der Waals surface area contributed by atoms with E-state index in [1.54, 1.807) is 0 Å². The Hall–Kier alpha value is -2.29. The average molecular weight is 498 g/mol. The lowest BCUT2D eigenvalue weighted by molar-refractivity contribution is 0.277. The van der Waals surface area contributed by atoms with Crippen molar-refractivity contribution in [2.75, 3.05) is 0 Å². The lowest BCUT2D eigenvalue weighted by Gasteiger charge is -2.33. The van der Waals surface area contributed by atoms with E-state index < -0.39 is 0 Å². The molecule has 2 aromatic carbocycles. The number of nitrogens with zero attached hydrogens (tertiary/aromatic N) is 1. The van der Waals surface area contributed by atoms with Crippen molar-refractivity contribution in [2.24, 2.45) is 5.73 Å². The highest BCUT2D eigenvalue weighted by Gasteiger charge is 2.35. The number of benzene rings is 2. The molecule has 1 atom stereocenters. The number of ether oxygens (including phenoxy) is 1. The van der Waals surface area contributed by atoms with Crippen LogP contribution in [0.4, 0.5) is 0 Å². The van der Waals surface area contributed by atoms with E-state index in [1.165, 1.54) is 0 Å². The lowest BCUT2D eigenvalue weighted by atomic mass is 9.77. The molecule has 1 aliphatic carbocycles. The van der Waals surface area contributed by atoms with E-state index in [-0.39, 0.29) is 11.8 Å². The van der Waals surface area contributed by atoms with Gasteiger partial charge in [0.2, 0.25) is 5.88 Å². The van der Waals surface area contributed by atoms with Crippen LogP contribution in [-0.2, 0) is 4.74 Å². The molecule has 0 radical (unpaired) electrons. The molecule has 28 heavy (non-hydrogen) atoms. The Kier molecular flexibility index (Phi) is 5.43. The molecule has 5 heteroatoms. The van der Waals surface area contributed by atoms with Crippen LogP contribution in [0, 0.1) is 11.3 Å². The maximum Gasteiger partial charge on any atom is 0.205 e. The van der Waals surface area contributed by atoms with Crippen molar-refractivity contribution in [3.05, 3.63) is 97.0 Å². The smallest absolute Gasteiger partial charge is 0.205 e. The number of halogens is 2. The van der Waals surface area contributed by atoms with E-state index >= 15 is 0 Å². The summed E-state index contributed by atoms with van der Waals surface area (Å²) in [6, 6.07) is 18.6. The fourth-order valence-electron chi connectivity index (χ4n) is 3.83. The van der Waals surface area contributed by atoms with Gasteiger partial charge in [-0.3, -0.25) is 0 Å². The number of allylic oxidation sites excluding steroid dienone is 3. The maximum absolute atomic E-state index is 9.75. The van der Waals surface area contributed by atoms with Crippen LogP contribution in [0.2, 0.25) is 0 Å². The monoisotopic (exact) mass is 496 g/mol. The first-order chi connectivity index (χ1) is 13.6. The second-order valence-corrected chi connectivity index (χ2v) is 8.74. The summed E-state index contributed by atoms with van der Waals surface area (Å²) in [5, 5.41) is 9.75. The topological polar surface area (TPSA) is 59.0 Å². The first-order valence-electron chi connectivity index (χ1n) is 9.09. The third kappa shape index (κ3) is 3.67. The zero-order valence-electron chi connectivity index (χ0n) is 15.1. The van der Waals surface area contributed by atoms with E-state index in [1.807, 2.05) is 36.4 Å². The van der Waals surface area contributed by atoms with E-state index in [0.29, 0.717) is 5.57 Å². The SMILES string of the molecule is N#CC1=C(N)OC2=C(CCC/C2=C/c2ccc(Br)cc2)[C@@H]1c1ccc(Br)cc1. The normalized spacial score (nSPS) is 20.6. The summed E-state index contributed by atoms with van der Waals surface area (Å²) in [7, 11) is 0. The molecule has 0 aromatic heterocycles. The summed E-state index contributed by atoms with van der Waals surface area (Å²) in [6.45, 7) is 0. The molecule has 0 saturated heterocycles. The number of nitrogens with two attached hydrogens (primary N) is 1. The van der Waals surface area contributed by atoms with Crippen LogP contribution in [0.5, 0.6) is 0 Å². The fraction of sp³-hybridized carbons (Fsp3) is 0.174. The van der Waals surface area contributed by atoms with Gasteiger partial charge < -0.3 is 10.5 Å². The van der Waals surface area contributed by atoms with Gasteiger partial charge in [0.1, 0.15) is 17.4 Å². The molecule has 2 aromatic rings. The number of hydrogen-bond acceptors (Lipinski definition) is 3. The first kappa shape index (κ1) is 19.0. The third-order valence-electron chi connectivity index (χ3n) is 5.12. The molecule has 0 spiro atoms. The van der Waals surface area contributed by atoms with Gasteiger partial charge in [0.05, 0.1) is 0 Å². The minimum atomic E-state index is -0.157. The molecule has 1 aliphatic heterocycles. The highest BCUT2D eigenvalue weighted by Crippen LogP contribution is 2.46. The van der Waals surface area contributed by atoms with Gasteiger partial charge in [-0.25, -0.2) is 0 Å². The molecule has 0 saturated carbocycles. The number of rotatable bonds is 2. The van der Waals surface area contributed by atoms with Gasteiger partial charge in [-0.1, -0.05) is 56.1 Å². The largest absolute Gasteiger partial charge is 0.440 e. The quantitative estimate of drug-likeness (QED) is 0.512. The predicted molar refractivity (Wildman–Crippen MR) is 118 cm³/mol. The number of hydrogen-bond donors (Lipinski definition) is 1. The van der Waals surface area contributed by atoms with Gasteiger partial charge in [-0.15, -0.1) is 0 Å². The Morgan fingerprint density at radius 2 is 1.64 bits per heavy atom. The molecule has 0 unspecified atom stereocenters. The lowest BCUT2D eigenvalue weighted by Crippen LogP contribution is -2.23. The predicted octanol–water partition coefficient (Wildman–Crippen LogP) is 6.54. The highest BCUT2D eigenvalue weighted by atomic mass is 79.9. The third-order valence-corrected chi connectivity index (χ3v) is 6.18. The molecule has 3 nitrogen and oxygen atoms in total. The van der Waals surface area contributed by atoms with Crippen LogP contribution in [0.3, 0.4) is 0 Å². The van der Waals surface area contributed by atoms with E-state index in [4.69, 9.17) is 10.5 Å². The fourth-order valence-corrected chi connectivity index (χ4v) is 4.36. The summed E-state index contributed by atoms with van der Waals surface area (Å²) in [5.41, 5.74) is 11.1. The molecule has 0 fully saturated rings. The van der Waals surface area contributed by atoms with Crippen molar-refractivity contribution in [2.45, 2.75) is 25.2 Å². The van der Waals surface area contributed by atoms with Crippen molar-refractivity contribution in [3.8, 4) is 6.07 Å². The van der Waals surface area contributed by atoms with Crippen molar-refractivity contribution >= 4 is 37.9 Å². The summed E-state index contributed by atoms with van der Waals surface area (Å²) in [5.74, 6) is 0.881. The molecule has 140 valence electrons. The van der Waals surface area contributed by atoms with Gasteiger partial charge in [0.15, 0.2) is 0 Å². The highest BCUT2D eigenvalue weighted by molar-refractivity contribution is 9.10. The molecule has 1 heterocycles. The summed E-state index contributed by atoms with van der Waals surface area (Å²) < 4.78 is 8.06. The molecular formula is C23H18Br2N2O. The van der Waals surface area contributed by atoms with Gasteiger partial charge in [0, 0.05) is 14.9 Å². The van der Waals surface area contributed by atoms with Gasteiger partial charge >= 0.3 is 0 Å². The number of nitriles is 1. The van der Waals surface area contributed by atoms with Crippen LogP contribution in [0.25, 0.3) is 6.08 Å². The molecule has 2 aliphatic rings. The van der Waals surface area contributed by atoms with Crippen LogP contribution in [0.15, 0.2) is 85.8 Å². The van der Waals surface area contributed by atoms with Crippen molar-refractivity contribution < 1.29 is 4.74 Å². The first-order valence-corrected chi connectivity index (χ1v) is 10.7. The second kappa shape index (κ2) is 7.98. The maximum atomic E-state index is 9.75. The van der Waals surface area contributed by atoms with Crippen LogP contribution in [-0.4, -0.2) is 0 Å². The minimum absolute atomic E-state index is 0.157. The molecule has 2 N–H and O–H groups in total. The Bertz CT molecular complexity index is 1040. The Labute approximate surface area is 181 Å². The van der Waals surface area contributed by atoms with Gasteiger partial charge in [-0.2, -0.15) is 5.26 Å². The summed E-state index contributed by atoms with van der Waals surface area (Å²) >= 11 is 6.96. The van der Waals surface area contributed by atoms with Crippen molar-refractivity contribution in [1.29, 1.82) is 5.26 Å². The Balaban J connectivity index is 1.82. The Morgan fingerprint density at radius 1 is 1.00 bits per heavy atom. The minimum Gasteiger partial charge on any atom is -0.440 e. The van der Waals surface area contributed by atoms with Crippen molar-refractivity contribution in [3.63, 3.8) is 0 Å². The van der Waals surface area contributed by atoms with Crippen LogP contribution >= 0.6 is 31.9 Å². The second-order valence-electron chi connectivity index (χ2n) is 6.91. The summed E-state index contributed by atoms with van der Waals surface area (Å²) in [4.78, 5) is 0. The molecule has 4 rings (SSSR count). The zero-order chi connectivity index (χ0) is 19.7. The van der Waals surface area contributed by atoms with Crippen molar-refractivity contribution in [1.82, 2.24) is 0 Å². The zero-order valence-corrected chi connectivity index (χ0v) is 18.3. The van der Waals surface area contributed by atoms with Gasteiger partial charge in [-0.05, 0) is 71.9 Å². The van der Waals surface area contributed by atoms with E-state index in [9.17, 15) is 5.26 Å². The molecule has 0 bridgehead atoms. The molecular weight excluding hydrogens is 480 g/mol. The average Bonchev–Trinajstić information content (AvgIpc) is 2.70. The standard InChI is InChI=1S/C23H18Br2N2O/c24-17-8-4-14(5-9-17)12-16-2-1-3-19-21(15-6-10-18(25)11-7-15)20(13-26)23(27)28-22(16)19/h4-12,21H,1-3,27H2/b16-12-/t21-/m0/s1.